The van der Waals surface area contributed by atoms with Gasteiger partial charge in [0.05, 0.1) is 0 Å². The Bertz CT molecular complexity index is 365. The van der Waals surface area contributed by atoms with Gasteiger partial charge in [-0.25, -0.2) is 4.52 Å². The van der Waals surface area contributed by atoms with Gasteiger partial charge in [0.1, 0.15) is 5.52 Å². The first-order valence-electron chi connectivity index (χ1n) is 3.39. The van der Waals surface area contributed by atoms with Gasteiger partial charge in [-0.15, -0.1) is 5.10 Å². The van der Waals surface area contributed by atoms with E-state index in [1.54, 1.807) is 4.52 Å². The quantitative estimate of drug-likeness (QED) is 0.649. The highest BCUT2D eigenvalue weighted by atomic mass is 15.4. The summed E-state index contributed by atoms with van der Waals surface area (Å²) in [5.74, 6) is 0.811. The van der Waals surface area contributed by atoms with Crippen LogP contribution in [0.1, 0.15) is 0 Å². The van der Waals surface area contributed by atoms with Gasteiger partial charge in [0.15, 0.2) is 5.82 Å². The molecule has 0 saturated carbocycles. The Kier molecular flexibility index (Phi) is 1.25. The fourth-order valence-electron chi connectivity index (χ4n) is 1.02. The molecule has 2 heterocycles. The van der Waals surface area contributed by atoms with Crippen LogP contribution in [0, 0.1) is 0 Å². The van der Waals surface area contributed by atoms with Gasteiger partial charge in [-0.05, 0) is 12.1 Å². The van der Waals surface area contributed by atoms with Crippen molar-refractivity contribution in [2.75, 3.05) is 12.4 Å². The standard InChI is InChI=1S/C7H8N4/c1-8-7-6-4-2-3-5-11(6)10-9-7/h2-5,8H,1H3. The van der Waals surface area contributed by atoms with Crippen molar-refractivity contribution in [1.82, 2.24) is 14.8 Å². The number of aromatic nitrogens is 3. The Morgan fingerprint density at radius 2 is 2.36 bits per heavy atom. The van der Waals surface area contributed by atoms with Crippen molar-refractivity contribution in [3.8, 4) is 0 Å². The first-order valence-corrected chi connectivity index (χ1v) is 3.39. The molecule has 4 nitrogen and oxygen atoms in total. The van der Waals surface area contributed by atoms with Crippen LogP contribution in [0.2, 0.25) is 0 Å². The Morgan fingerprint density at radius 1 is 1.45 bits per heavy atom. The molecule has 11 heavy (non-hydrogen) atoms. The van der Waals surface area contributed by atoms with E-state index in [0.29, 0.717) is 0 Å². The van der Waals surface area contributed by atoms with Gasteiger partial charge < -0.3 is 5.32 Å². The van der Waals surface area contributed by atoms with Crippen molar-refractivity contribution in [3.63, 3.8) is 0 Å². The van der Waals surface area contributed by atoms with Crippen LogP contribution in [-0.4, -0.2) is 21.9 Å². The number of rotatable bonds is 1. The Morgan fingerprint density at radius 3 is 3.18 bits per heavy atom. The predicted octanol–water partition coefficient (Wildman–Crippen LogP) is 0.771. The van der Waals surface area contributed by atoms with E-state index in [9.17, 15) is 0 Å². The molecule has 0 bridgehead atoms. The topological polar surface area (TPSA) is 42.2 Å². The maximum atomic E-state index is 3.92. The fraction of sp³-hybridized carbons (Fsp3) is 0.143. The minimum atomic E-state index is 0.811. The lowest BCUT2D eigenvalue weighted by molar-refractivity contribution is 0.856. The van der Waals surface area contributed by atoms with E-state index in [1.807, 2.05) is 31.4 Å². The van der Waals surface area contributed by atoms with E-state index >= 15 is 0 Å². The van der Waals surface area contributed by atoms with E-state index in [0.717, 1.165) is 11.3 Å². The normalized spacial score (nSPS) is 10.3. The third-order valence-corrected chi connectivity index (χ3v) is 1.56. The van der Waals surface area contributed by atoms with E-state index in [-0.39, 0.29) is 0 Å². The van der Waals surface area contributed by atoms with Crippen LogP contribution in [0.4, 0.5) is 5.82 Å². The molecular weight excluding hydrogens is 140 g/mol. The third-order valence-electron chi connectivity index (χ3n) is 1.56. The Hall–Kier alpha value is -1.58. The summed E-state index contributed by atoms with van der Waals surface area (Å²) in [7, 11) is 1.83. The summed E-state index contributed by atoms with van der Waals surface area (Å²) in [5.41, 5.74) is 0.995. The summed E-state index contributed by atoms with van der Waals surface area (Å²) in [4.78, 5) is 0. The van der Waals surface area contributed by atoms with Crippen molar-refractivity contribution >= 4 is 11.3 Å². The highest BCUT2D eigenvalue weighted by molar-refractivity contribution is 5.66. The first kappa shape index (κ1) is 6.15. The fourth-order valence-corrected chi connectivity index (χ4v) is 1.02. The molecule has 0 fully saturated rings. The molecule has 0 radical (unpaired) electrons. The lowest BCUT2D eigenvalue weighted by Gasteiger charge is -1.91. The van der Waals surface area contributed by atoms with Crippen LogP contribution in [0.15, 0.2) is 24.4 Å². The zero-order valence-corrected chi connectivity index (χ0v) is 6.15. The number of nitrogens with zero attached hydrogens (tertiary/aromatic N) is 3. The van der Waals surface area contributed by atoms with Crippen molar-refractivity contribution in [2.24, 2.45) is 0 Å². The Balaban J connectivity index is 2.76. The molecule has 0 unspecified atom stereocenters. The maximum Gasteiger partial charge on any atom is 0.176 e. The summed E-state index contributed by atoms with van der Waals surface area (Å²) < 4.78 is 1.73. The molecule has 1 N–H and O–H groups in total. The van der Waals surface area contributed by atoms with Gasteiger partial charge in [0.25, 0.3) is 0 Å². The third kappa shape index (κ3) is 0.832. The summed E-state index contributed by atoms with van der Waals surface area (Å²) in [6.07, 6.45) is 1.86. The molecule has 2 rings (SSSR count). The van der Waals surface area contributed by atoms with Crippen LogP contribution in [-0.2, 0) is 0 Å². The molecule has 56 valence electrons. The van der Waals surface area contributed by atoms with Gasteiger partial charge >= 0.3 is 0 Å². The lowest BCUT2D eigenvalue weighted by atomic mass is 10.4. The minimum Gasteiger partial charge on any atom is -0.370 e. The second-order valence-corrected chi connectivity index (χ2v) is 2.22. The number of anilines is 1. The summed E-state index contributed by atoms with van der Waals surface area (Å²) >= 11 is 0. The van der Waals surface area contributed by atoms with Gasteiger partial charge in [0.2, 0.25) is 0 Å². The van der Waals surface area contributed by atoms with Crippen LogP contribution < -0.4 is 5.32 Å². The van der Waals surface area contributed by atoms with E-state index in [2.05, 4.69) is 15.6 Å². The number of pyridine rings is 1. The SMILES string of the molecule is CNc1nnn2ccccc12. The van der Waals surface area contributed by atoms with Crippen molar-refractivity contribution in [2.45, 2.75) is 0 Å². The van der Waals surface area contributed by atoms with Crippen molar-refractivity contribution < 1.29 is 0 Å². The smallest absolute Gasteiger partial charge is 0.176 e. The molecule has 0 aromatic carbocycles. The van der Waals surface area contributed by atoms with Gasteiger partial charge in [-0.3, -0.25) is 0 Å². The summed E-state index contributed by atoms with van der Waals surface area (Å²) in [5, 5.41) is 10.8. The predicted molar refractivity (Wildman–Crippen MR) is 42.5 cm³/mol. The molecule has 2 aromatic heterocycles. The molecule has 0 spiro atoms. The second-order valence-electron chi connectivity index (χ2n) is 2.22. The van der Waals surface area contributed by atoms with Gasteiger partial charge in [0, 0.05) is 13.2 Å². The average Bonchev–Trinajstić information content (AvgIpc) is 2.47. The number of nitrogens with one attached hydrogen (secondary N) is 1. The molecule has 0 amide bonds. The summed E-state index contributed by atoms with van der Waals surface area (Å²) in [6, 6.07) is 5.84. The van der Waals surface area contributed by atoms with Crippen molar-refractivity contribution in [3.05, 3.63) is 24.4 Å². The zero-order chi connectivity index (χ0) is 7.68. The largest absolute Gasteiger partial charge is 0.370 e. The highest BCUT2D eigenvalue weighted by Gasteiger charge is 1.99. The second kappa shape index (κ2) is 2.23. The number of hydrogen-bond acceptors (Lipinski definition) is 3. The number of hydrogen-bond donors (Lipinski definition) is 1. The van der Waals surface area contributed by atoms with Crippen LogP contribution in [0.25, 0.3) is 5.52 Å². The highest BCUT2D eigenvalue weighted by Crippen LogP contribution is 2.10. The molecule has 0 aliphatic heterocycles. The zero-order valence-electron chi connectivity index (χ0n) is 6.15. The number of fused-ring (bicyclic) bond motifs is 1. The molecule has 0 aliphatic rings. The minimum absolute atomic E-state index is 0.811. The lowest BCUT2D eigenvalue weighted by Crippen LogP contribution is -1.88. The van der Waals surface area contributed by atoms with Crippen molar-refractivity contribution in [1.29, 1.82) is 0 Å². The molecule has 0 atom stereocenters. The average molecular weight is 148 g/mol. The maximum absolute atomic E-state index is 3.92. The van der Waals surface area contributed by atoms with E-state index in [4.69, 9.17) is 0 Å². The first-order chi connectivity index (χ1) is 5.42. The monoisotopic (exact) mass is 148 g/mol. The van der Waals surface area contributed by atoms with E-state index < -0.39 is 0 Å². The van der Waals surface area contributed by atoms with Crippen LogP contribution >= 0.6 is 0 Å². The molecule has 4 heteroatoms. The van der Waals surface area contributed by atoms with E-state index in [1.165, 1.54) is 0 Å². The van der Waals surface area contributed by atoms with Crippen LogP contribution in [0.5, 0.6) is 0 Å². The Labute approximate surface area is 63.8 Å². The molecule has 2 aromatic rings. The van der Waals surface area contributed by atoms with Crippen LogP contribution in [0.3, 0.4) is 0 Å². The molecule has 0 aliphatic carbocycles. The molecule has 0 saturated heterocycles. The van der Waals surface area contributed by atoms with Gasteiger partial charge in [-0.1, -0.05) is 11.3 Å². The summed E-state index contributed by atoms with van der Waals surface area (Å²) in [6.45, 7) is 0. The van der Waals surface area contributed by atoms with Gasteiger partial charge in [-0.2, -0.15) is 0 Å². The molecular formula is C7H8N4.